The maximum Gasteiger partial charge on any atom is 0.137 e. The summed E-state index contributed by atoms with van der Waals surface area (Å²) in [6.45, 7) is 0. The number of ether oxygens (including phenoxy) is 1. The number of nitrogens with zero attached hydrogens (tertiary/aromatic N) is 4. The van der Waals surface area contributed by atoms with E-state index < -0.39 is 0 Å². The number of pyridine rings is 1. The van der Waals surface area contributed by atoms with Crippen LogP contribution in [0.15, 0.2) is 134 Å². The molecule has 0 radical (unpaired) electrons. The van der Waals surface area contributed by atoms with Gasteiger partial charge in [0.05, 0.1) is 28.4 Å². The first-order valence-electron chi connectivity index (χ1n) is 13.8. The topological polar surface area (TPSA) is 44.9 Å². The number of thiophene rings is 1. The molecule has 9 rings (SSSR count). The van der Waals surface area contributed by atoms with Crippen LogP contribution < -0.4 is 4.74 Å². The molecule has 42 heavy (non-hydrogen) atoms. The van der Waals surface area contributed by atoms with E-state index in [-0.39, 0.29) is 0 Å². The Kier molecular flexibility index (Phi) is 5.00. The summed E-state index contributed by atoms with van der Waals surface area (Å²) >= 11 is 1.83. The van der Waals surface area contributed by atoms with Crippen molar-refractivity contribution in [2.24, 2.45) is 0 Å². The van der Waals surface area contributed by atoms with Crippen LogP contribution in [-0.2, 0) is 0 Å². The molecule has 4 heterocycles. The Labute approximate surface area is 244 Å². The Morgan fingerprint density at radius 2 is 1.48 bits per heavy atom. The van der Waals surface area contributed by atoms with Gasteiger partial charge in [0.15, 0.2) is 0 Å². The molecular weight excluding hydrogens is 536 g/mol. The number of para-hydroxylation sites is 1. The number of rotatable bonds is 4. The zero-order valence-corrected chi connectivity index (χ0v) is 23.1. The van der Waals surface area contributed by atoms with E-state index in [9.17, 15) is 0 Å². The highest BCUT2D eigenvalue weighted by Crippen LogP contribution is 2.43. The number of fused-ring (bicyclic) bond motifs is 8. The summed E-state index contributed by atoms with van der Waals surface area (Å²) < 4.78 is 13.3. The molecule has 0 saturated carbocycles. The smallest absolute Gasteiger partial charge is 0.137 e. The van der Waals surface area contributed by atoms with E-state index in [0.29, 0.717) is 0 Å². The van der Waals surface area contributed by atoms with Gasteiger partial charge in [0.2, 0.25) is 0 Å². The number of hydrogen-bond acceptors (Lipinski definition) is 4. The fourth-order valence-electron chi connectivity index (χ4n) is 6.07. The summed E-state index contributed by atoms with van der Waals surface area (Å²) in [6, 6.07) is 41.8. The molecule has 0 N–H and O–H groups in total. The molecule has 0 unspecified atom stereocenters. The molecule has 0 fully saturated rings. The molecule has 0 spiro atoms. The highest BCUT2D eigenvalue weighted by atomic mass is 32.1. The Morgan fingerprint density at radius 3 is 2.43 bits per heavy atom. The van der Waals surface area contributed by atoms with Gasteiger partial charge in [-0.1, -0.05) is 54.6 Å². The molecule has 0 bridgehead atoms. The van der Waals surface area contributed by atoms with Crippen LogP contribution >= 0.6 is 11.3 Å². The average Bonchev–Trinajstić information content (AvgIpc) is 3.73. The van der Waals surface area contributed by atoms with Gasteiger partial charge in [-0.05, 0) is 54.6 Å². The number of benzene rings is 5. The standard InChI is InChI=1S/C36H22N4OS/c1-3-12-30-23(8-1)22-38-40(30)24-9-7-10-25(20-24)41-26-15-16-27-28-17-18-33-35(29-11-2-4-13-32(29)42-33)36(28)39(31(27)21-26)34-14-5-6-19-37-34/h1-22H. The minimum Gasteiger partial charge on any atom is -0.457 e. The van der Waals surface area contributed by atoms with Crippen LogP contribution in [0.2, 0.25) is 0 Å². The largest absolute Gasteiger partial charge is 0.457 e. The highest BCUT2D eigenvalue weighted by molar-refractivity contribution is 7.26. The monoisotopic (exact) mass is 558 g/mol. The third-order valence-corrected chi connectivity index (χ3v) is 9.03. The van der Waals surface area contributed by atoms with Gasteiger partial charge in [0.25, 0.3) is 0 Å². The Balaban J connectivity index is 1.23. The molecule has 9 aromatic rings. The van der Waals surface area contributed by atoms with Crippen LogP contribution in [0.25, 0.3) is 64.4 Å². The van der Waals surface area contributed by atoms with Crippen molar-refractivity contribution >= 4 is 64.2 Å². The van der Waals surface area contributed by atoms with Gasteiger partial charge < -0.3 is 4.74 Å². The molecule has 0 aliphatic carbocycles. The van der Waals surface area contributed by atoms with Crippen molar-refractivity contribution in [3.8, 4) is 23.0 Å². The van der Waals surface area contributed by atoms with Crippen molar-refractivity contribution in [3.05, 3.63) is 134 Å². The third-order valence-electron chi connectivity index (χ3n) is 7.89. The number of aromatic nitrogens is 4. The van der Waals surface area contributed by atoms with Crippen LogP contribution in [-0.4, -0.2) is 19.3 Å². The van der Waals surface area contributed by atoms with Crippen molar-refractivity contribution in [1.82, 2.24) is 19.3 Å². The van der Waals surface area contributed by atoms with Gasteiger partial charge in [0, 0.05) is 54.7 Å². The molecule has 6 heteroatoms. The first-order valence-corrected chi connectivity index (χ1v) is 14.6. The van der Waals surface area contributed by atoms with Gasteiger partial charge in [0.1, 0.15) is 17.3 Å². The molecular formula is C36H22N4OS. The van der Waals surface area contributed by atoms with Crippen molar-refractivity contribution < 1.29 is 4.74 Å². The molecule has 0 aliphatic rings. The van der Waals surface area contributed by atoms with Crippen molar-refractivity contribution in [3.63, 3.8) is 0 Å². The van der Waals surface area contributed by atoms with E-state index >= 15 is 0 Å². The van der Waals surface area contributed by atoms with Crippen LogP contribution in [0.1, 0.15) is 0 Å². The fraction of sp³-hybridized carbons (Fsp3) is 0. The Morgan fingerprint density at radius 1 is 0.619 bits per heavy atom. The first kappa shape index (κ1) is 23.3. The van der Waals surface area contributed by atoms with Crippen molar-refractivity contribution in [2.75, 3.05) is 0 Å². The van der Waals surface area contributed by atoms with Gasteiger partial charge >= 0.3 is 0 Å². The zero-order chi connectivity index (χ0) is 27.6. The predicted octanol–water partition coefficient (Wildman–Crippen LogP) is 9.68. The van der Waals surface area contributed by atoms with Crippen molar-refractivity contribution in [2.45, 2.75) is 0 Å². The molecule has 0 saturated heterocycles. The fourth-order valence-corrected chi connectivity index (χ4v) is 7.18. The Bertz CT molecular complexity index is 2450. The summed E-state index contributed by atoms with van der Waals surface area (Å²) in [4.78, 5) is 4.79. The van der Waals surface area contributed by atoms with Crippen LogP contribution in [0.5, 0.6) is 11.5 Å². The third kappa shape index (κ3) is 3.49. The van der Waals surface area contributed by atoms with Crippen molar-refractivity contribution in [1.29, 1.82) is 0 Å². The SMILES string of the molecule is c1ccc(-n2c3cc(Oc4cccc(-n5ncc6ccccc65)c4)ccc3c3ccc4sc5ccccc5c4c32)nc1. The van der Waals surface area contributed by atoms with E-state index in [4.69, 9.17) is 9.72 Å². The molecule has 198 valence electrons. The lowest BCUT2D eigenvalue weighted by Crippen LogP contribution is -1.97. The molecule has 4 aromatic heterocycles. The lowest BCUT2D eigenvalue weighted by atomic mass is 10.1. The summed E-state index contributed by atoms with van der Waals surface area (Å²) in [6.07, 6.45) is 3.74. The van der Waals surface area contributed by atoms with E-state index in [1.54, 1.807) is 0 Å². The number of hydrogen-bond donors (Lipinski definition) is 0. The molecule has 5 aromatic carbocycles. The van der Waals surface area contributed by atoms with Crippen LogP contribution in [0, 0.1) is 0 Å². The average molecular weight is 559 g/mol. The van der Waals surface area contributed by atoms with Gasteiger partial charge in [-0.3, -0.25) is 4.57 Å². The second-order valence-corrected chi connectivity index (χ2v) is 11.4. The van der Waals surface area contributed by atoms with Crippen LogP contribution in [0.4, 0.5) is 0 Å². The highest BCUT2D eigenvalue weighted by Gasteiger charge is 2.19. The van der Waals surface area contributed by atoms with E-state index in [0.717, 1.165) is 44.8 Å². The van der Waals surface area contributed by atoms with Gasteiger partial charge in [-0.15, -0.1) is 11.3 Å². The quantitative estimate of drug-likeness (QED) is 0.216. The summed E-state index contributed by atoms with van der Waals surface area (Å²) in [7, 11) is 0. The summed E-state index contributed by atoms with van der Waals surface area (Å²) in [5.74, 6) is 2.39. The van der Waals surface area contributed by atoms with Gasteiger partial charge in [-0.25, -0.2) is 9.67 Å². The van der Waals surface area contributed by atoms with E-state index in [1.807, 2.05) is 76.9 Å². The predicted molar refractivity (Wildman–Crippen MR) is 173 cm³/mol. The van der Waals surface area contributed by atoms with Gasteiger partial charge in [-0.2, -0.15) is 5.10 Å². The lowest BCUT2D eigenvalue weighted by molar-refractivity contribution is 0.483. The molecule has 5 nitrogen and oxygen atoms in total. The normalized spacial score (nSPS) is 11.8. The second kappa shape index (κ2) is 9.03. The maximum atomic E-state index is 6.49. The minimum absolute atomic E-state index is 0.748. The second-order valence-electron chi connectivity index (χ2n) is 10.3. The summed E-state index contributed by atoms with van der Waals surface area (Å²) in [5.41, 5.74) is 4.23. The zero-order valence-electron chi connectivity index (χ0n) is 22.3. The van der Waals surface area contributed by atoms with E-state index in [1.165, 1.54) is 31.1 Å². The maximum absolute atomic E-state index is 6.49. The lowest BCUT2D eigenvalue weighted by Gasteiger charge is -2.10. The Hall–Kier alpha value is -5.46. The molecule has 0 aliphatic heterocycles. The van der Waals surface area contributed by atoms with E-state index in [2.05, 4.69) is 82.5 Å². The molecule has 0 atom stereocenters. The van der Waals surface area contributed by atoms with Crippen LogP contribution in [0.3, 0.4) is 0 Å². The summed E-state index contributed by atoms with van der Waals surface area (Å²) in [5, 5.41) is 10.6. The molecule has 0 amide bonds. The minimum atomic E-state index is 0.748. The first-order chi connectivity index (χ1) is 20.8.